The van der Waals surface area contributed by atoms with Crippen molar-refractivity contribution >= 4 is 17.6 Å². The van der Waals surface area contributed by atoms with Crippen molar-refractivity contribution < 1.29 is 14.6 Å². The van der Waals surface area contributed by atoms with Gasteiger partial charge < -0.3 is 14.8 Å². The molecule has 0 bridgehead atoms. The van der Waals surface area contributed by atoms with Crippen LogP contribution in [0.25, 0.3) is 11.1 Å². The highest BCUT2D eigenvalue weighted by atomic mass is 35.5. The van der Waals surface area contributed by atoms with Crippen LogP contribution in [0.4, 0.5) is 0 Å². The number of methoxy groups -OCH3 is 1. The van der Waals surface area contributed by atoms with E-state index in [0.29, 0.717) is 5.56 Å². The van der Waals surface area contributed by atoms with Crippen molar-refractivity contribution in [3.05, 3.63) is 45.5 Å². The Labute approximate surface area is 112 Å². The fourth-order valence-electron chi connectivity index (χ4n) is 1.56. The smallest absolute Gasteiger partial charge is 0.374 e. The summed E-state index contributed by atoms with van der Waals surface area (Å²) in [4.78, 5) is 29.0. The van der Waals surface area contributed by atoms with Crippen LogP contribution in [0, 0.1) is 0 Å². The molecule has 0 unspecified atom stereocenters. The minimum Gasteiger partial charge on any atom is -0.493 e. The molecule has 0 saturated carbocycles. The normalized spacial score (nSPS) is 10.2. The van der Waals surface area contributed by atoms with Gasteiger partial charge in [0, 0.05) is 10.6 Å². The van der Waals surface area contributed by atoms with Gasteiger partial charge in [-0.15, -0.1) is 0 Å². The molecule has 1 heterocycles. The number of aromatic amines is 1. The fourth-order valence-corrected chi connectivity index (χ4v) is 1.79. The van der Waals surface area contributed by atoms with Crippen LogP contribution < -0.4 is 5.56 Å². The molecular formula is C12H9ClN2O4. The first-order chi connectivity index (χ1) is 9.04. The lowest BCUT2D eigenvalue weighted by Gasteiger charge is -2.06. The number of benzene rings is 1. The van der Waals surface area contributed by atoms with Gasteiger partial charge in [0.25, 0.3) is 5.56 Å². The molecule has 0 fully saturated rings. The van der Waals surface area contributed by atoms with Crippen LogP contribution in [0.5, 0.6) is 5.88 Å². The molecule has 0 atom stereocenters. The SMILES string of the molecule is COC(=O)c1nc(O)c(-c2ccccc2Cl)c(=O)[nH]1. The minimum absolute atomic E-state index is 0.0988. The average Bonchev–Trinajstić information content (AvgIpc) is 2.39. The van der Waals surface area contributed by atoms with Crippen LogP contribution >= 0.6 is 11.6 Å². The van der Waals surface area contributed by atoms with Gasteiger partial charge in [0.15, 0.2) is 0 Å². The van der Waals surface area contributed by atoms with E-state index in [9.17, 15) is 14.7 Å². The van der Waals surface area contributed by atoms with E-state index in [2.05, 4.69) is 14.7 Å². The molecule has 2 N–H and O–H groups in total. The van der Waals surface area contributed by atoms with Crippen molar-refractivity contribution in [2.45, 2.75) is 0 Å². The summed E-state index contributed by atoms with van der Waals surface area (Å²) >= 11 is 5.95. The number of nitrogens with one attached hydrogen (secondary N) is 1. The Kier molecular flexibility index (Phi) is 3.52. The number of H-pyrrole nitrogens is 1. The summed E-state index contributed by atoms with van der Waals surface area (Å²) < 4.78 is 4.41. The third-order valence-electron chi connectivity index (χ3n) is 2.42. The molecule has 2 rings (SSSR count). The van der Waals surface area contributed by atoms with Crippen LogP contribution in [0.15, 0.2) is 29.1 Å². The summed E-state index contributed by atoms with van der Waals surface area (Å²) in [6.07, 6.45) is 0. The molecule has 7 heteroatoms. The van der Waals surface area contributed by atoms with Crippen LogP contribution in [0.3, 0.4) is 0 Å². The largest absolute Gasteiger partial charge is 0.493 e. The predicted octanol–water partition coefficient (Wildman–Crippen LogP) is 1.58. The molecule has 0 radical (unpaired) electrons. The zero-order chi connectivity index (χ0) is 14.0. The fraction of sp³-hybridized carbons (Fsp3) is 0.0833. The number of halogens is 1. The van der Waals surface area contributed by atoms with Gasteiger partial charge in [-0.1, -0.05) is 29.8 Å². The number of aromatic nitrogens is 2. The molecule has 2 aromatic rings. The van der Waals surface area contributed by atoms with Gasteiger partial charge in [0.05, 0.1) is 7.11 Å². The number of hydrogen-bond donors (Lipinski definition) is 2. The maximum absolute atomic E-state index is 11.9. The molecule has 1 aromatic heterocycles. The van der Waals surface area contributed by atoms with Gasteiger partial charge in [0.2, 0.25) is 11.7 Å². The summed E-state index contributed by atoms with van der Waals surface area (Å²) in [7, 11) is 1.14. The number of aromatic hydroxyl groups is 1. The maximum atomic E-state index is 11.9. The van der Waals surface area contributed by atoms with E-state index in [1.165, 1.54) is 0 Å². The molecule has 0 saturated heterocycles. The molecule has 0 amide bonds. The summed E-state index contributed by atoms with van der Waals surface area (Å²) in [5.41, 5.74) is -0.453. The molecule has 6 nitrogen and oxygen atoms in total. The molecule has 1 aromatic carbocycles. The number of carbonyl (C=O) groups excluding carboxylic acids is 1. The quantitative estimate of drug-likeness (QED) is 0.815. The summed E-state index contributed by atoms with van der Waals surface area (Å²) in [6.45, 7) is 0. The van der Waals surface area contributed by atoms with Gasteiger partial charge in [-0.2, -0.15) is 4.98 Å². The second-order valence-corrected chi connectivity index (χ2v) is 3.99. The Bertz CT molecular complexity index is 696. The Balaban J connectivity index is 2.65. The lowest BCUT2D eigenvalue weighted by molar-refractivity contribution is 0.0585. The summed E-state index contributed by atoms with van der Waals surface area (Å²) in [5, 5.41) is 10.1. The second-order valence-electron chi connectivity index (χ2n) is 3.58. The van der Waals surface area contributed by atoms with E-state index in [1.54, 1.807) is 24.3 Å². The summed E-state index contributed by atoms with van der Waals surface area (Å²) in [6, 6.07) is 6.48. The van der Waals surface area contributed by atoms with Crippen molar-refractivity contribution in [3.8, 4) is 17.0 Å². The zero-order valence-electron chi connectivity index (χ0n) is 9.81. The van der Waals surface area contributed by atoms with E-state index >= 15 is 0 Å². The first-order valence-electron chi connectivity index (χ1n) is 5.21. The van der Waals surface area contributed by atoms with E-state index in [1.807, 2.05) is 0 Å². The third kappa shape index (κ3) is 2.43. The van der Waals surface area contributed by atoms with Gasteiger partial charge >= 0.3 is 5.97 Å². The Hall–Kier alpha value is -2.34. The van der Waals surface area contributed by atoms with Crippen LogP contribution in [0.1, 0.15) is 10.6 Å². The van der Waals surface area contributed by atoms with E-state index in [-0.39, 0.29) is 16.4 Å². The number of ether oxygens (including phenoxy) is 1. The molecule has 19 heavy (non-hydrogen) atoms. The van der Waals surface area contributed by atoms with E-state index in [0.717, 1.165) is 7.11 Å². The van der Waals surface area contributed by atoms with Gasteiger partial charge in [-0.3, -0.25) is 4.79 Å². The Morgan fingerprint density at radius 1 is 1.42 bits per heavy atom. The standard InChI is InChI=1S/C12H9ClN2O4/c1-19-12(18)9-14-10(16)8(11(17)15-9)6-4-2-3-5-7(6)13/h2-5H,1H3,(H2,14,15,16,17). The highest BCUT2D eigenvalue weighted by Crippen LogP contribution is 2.29. The minimum atomic E-state index is -0.849. The first kappa shape index (κ1) is 13.1. The molecule has 0 aliphatic heterocycles. The monoisotopic (exact) mass is 280 g/mol. The van der Waals surface area contributed by atoms with Crippen molar-refractivity contribution in [1.82, 2.24) is 9.97 Å². The third-order valence-corrected chi connectivity index (χ3v) is 2.75. The van der Waals surface area contributed by atoms with Crippen LogP contribution in [0.2, 0.25) is 5.02 Å². The van der Waals surface area contributed by atoms with Crippen LogP contribution in [-0.2, 0) is 4.74 Å². The topological polar surface area (TPSA) is 92.3 Å². The van der Waals surface area contributed by atoms with Gasteiger partial charge in [-0.25, -0.2) is 4.79 Å². The van der Waals surface area contributed by atoms with Gasteiger partial charge in [-0.05, 0) is 6.07 Å². The molecule has 0 aliphatic carbocycles. The number of carbonyl (C=O) groups is 1. The number of rotatable bonds is 2. The first-order valence-corrected chi connectivity index (χ1v) is 5.59. The van der Waals surface area contributed by atoms with Crippen molar-refractivity contribution in [3.63, 3.8) is 0 Å². The lowest BCUT2D eigenvalue weighted by Crippen LogP contribution is -2.18. The highest BCUT2D eigenvalue weighted by molar-refractivity contribution is 6.33. The number of esters is 1. The number of hydrogen-bond acceptors (Lipinski definition) is 5. The predicted molar refractivity (Wildman–Crippen MR) is 68.3 cm³/mol. The van der Waals surface area contributed by atoms with Crippen molar-refractivity contribution in [2.24, 2.45) is 0 Å². The molecular weight excluding hydrogens is 272 g/mol. The number of nitrogens with zero attached hydrogens (tertiary/aromatic N) is 1. The highest BCUT2D eigenvalue weighted by Gasteiger charge is 2.18. The Morgan fingerprint density at radius 2 is 2.11 bits per heavy atom. The summed E-state index contributed by atoms with van der Waals surface area (Å²) in [5.74, 6) is -1.81. The van der Waals surface area contributed by atoms with E-state index in [4.69, 9.17) is 11.6 Å². The molecule has 98 valence electrons. The van der Waals surface area contributed by atoms with E-state index < -0.39 is 17.4 Å². The average molecular weight is 281 g/mol. The van der Waals surface area contributed by atoms with Gasteiger partial charge in [0.1, 0.15) is 5.56 Å². The van der Waals surface area contributed by atoms with Crippen molar-refractivity contribution in [2.75, 3.05) is 7.11 Å². The Morgan fingerprint density at radius 3 is 2.68 bits per heavy atom. The lowest BCUT2D eigenvalue weighted by atomic mass is 10.1. The van der Waals surface area contributed by atoms with Crippen LogP contribution in [-0.4, -0.2) is 28.2 Å². The molecule has 0 aliphatic rings. The second kappa shape index (κ2) is 5.11. The van der Waals surface area contributed by atoms with Crippen molar-refractivity contribution in [1.29, 1.82) is 0 Å². The molecule has 0 spiro atoms. The zero-order valence-corrected chi connectivity index (χ0v) is 10.6. The maximum Gasteiger partial charge on any atom is 0.374 e.